The Balaban J connectivity index is 3.04. The van der Waals surface area contributed by atoms with E-state index in [9.17, 15) is 4.79 Å². The number of aliphatic hydroxyl groups excluding tert-OH is 1. The molecule has 0 saturated heterocycles. The van der Waals surface area contributed by atoms with Gasteiger partial charge in [0.15, 0.2) is 0 Å². The Labute approximate surface area is 122 Å². The Bertz CT molecular complexity index is 218. The van der Waals surface area contributed by atoms with Gasteiger partial charge in [0.2, 0.25) is 0 Å². The van der Waals surface area contributed by atoms with Gasteiger partial charge in [0.25, 0.3) is 0 Å². The second-order valence-corrected chi connectivity index (χ2v) is 4.84. The fraction of sp³-hybridized carbons (Fsp3) is 0.933. The quantitative estimate of drug-likeness (QED) is 0.393. The fourth-order valence-electron chi connectivity index (χ4n) is 1.63. The van der Waals surface area contributed by atoms with Gasteiger partial charge in [-0.1, -0.05) is 39.0 Å². The van der Waals surface area contributed by atoms with Gasteiger partial charge >= 0.3 is 5.97 Å². The van der Waals surface area contributed by atoms with Crippen LogP contribution in [0.2, 0.25) is 0 Å². The lowest BCUT2D eigenvalue weighted by Gasteiger charge is -2.08. The average molecular weight is 290 g/mol. The third kappa shape index (κ3) is 13.8. The Kier molecular flexibility index (Phi) is 14.3. The summed E-state index contributed by atoms with van der Waals surface area (Å²) in [7, 11) is 0. The largest absolute Gasteiger partial charge is 0.461 e. The molecule has 0 aromatic heterocycles. The fourth-order valence-corrected chi connectivity index (χ4v) is 1.63. The molecule has 0 amide bonds. The number of carbonyl (C=O) groups excluding carboxylic acids is 1. The molecule has 0 bridgehead atoms. The number of rotatable bonds is 14. The molecule has 120 valence electrons. The van der Waals surface area contributed by atoms with E-state index in [1.54, 1.807) is 0 Å². The minimum Gasteiger partial charge on any atom is -0.461 e. The summed E-state index contributed by atoms with van der Waals surface area (Å²) in [5.41, 5.74) is 0. The SMILES string of the molecule is CCCCCCCCOCCOCCOC(=O)C(C)O. The lowest BCUT2D eigenvalue weighted by atomic mass is 10.1. The van der Waals surface area contributed by atoms with Crippen molar-refractivity contribution in [2.24, 2.45) is 0 Å². The van der Waals surface area contributed by atoms with E-state index < -0.39 is 12.1 Å². The van der Waals surface area contributed by atoms with E-state index >= 15 is 0 Å². The van der Waals surface area contributed by atoms with Crippen LogP contribution in [0.5, 0.6) is 0 Å². The first-order valence-electron chi connectivity index (χ1n) is 7.68. The number of hydrogen-bond donors (Lipinski definition) is 1. The van der Waals surface area contributed by atoms with Crippen LogP contribution in [-0.2, 0) is 19.0 Å². The van der Waals surface area contributed by atoms with Crippen LogP contribution in [0.25, 0.3) is 0 Å². The zero-order chi connectivity index (χ0) is 15.1. The summed E-state index contributed by atoms with van der Waals surface area (Å²) in [4.78, 5) is 10.9. The molecule has 0 fully saturated rings. The summed E-state index contributed by atoms with van der Waals surface area (Å²) < 4.78 is 15.4. The summed E-state index contributed by atoms with van der Waals surface area (Å²) in [6.45, 7) is 5.95. The maximum Gasteiger partial charge on any atom is 0.334 e. The normalized spacial score (nSPS) is 12.3. The van der Waals surface area contributed by atoms with Crippen LogP contribution in [0.3, 0.4) is 0 Å². The topological polar surface area (TPSA) is 65.0 Å². The van der Waals surface area contributed by atoms with Gasteiger partial charge in [0.05, 0.1) is 19.8 Å². The molecule has 0 aliphatic rings. The molecule has 0 aromatic carbocycles. The van der Waals surface area contributed by atoms with E-state index in [1.165, 1.54) is 39.0 Å². The lowest BCUT2D eigenvalue weighted by Crippen LogP contribution is -2.21. The first-order valence-corrected chi connectivity index (χ1v) is 7.68. The van der Waals surface area contributed by atoms with Crippen LogP contribution in [0.4, 0.5) is 0 Å². The van der Waals surface area contributed by atoms with Gasteiger partial charge in [-0.15, -0.1) is 0 Å². The maximum absolute atomic E-state index is 10.9. The molecule has 1 atom stereocenters. The Morgan fingerprint density at radius 1 is 0.900 bits per heavy atom. The summed E-state index contributed by atoms with van der Waals surface area (Å²) in [6, 6.07) is 0. The molecule has 0 spiro atoms. The van der Waals surface area contributed by atoms with Gasteiger partial charge in [-0.25, -0.2) is 4.79 Å². The van der Waals surface area contributed by atoms with Crippen LogP contribution in [-0.4, -0.2) is 50.2 Å². The molecule has 0 aromatic rings. The summed E-state index contributed by atoms with van der Waals surface area (Å²) >= 11 is 0. The predicted molar refractivity (Wildman–Crippen MR) is 77.7 cm³/mol. The number of esters is 1. The number of hydrogen-bond acceptors (Lipinski definition) is 5. The van der Waals surface area contributed by atoms with Gasteiger partial charge < -0.3 is 19.3 Å². The summed E-state index contributed by atoms with van der Waals surface area (Å²) in [5.74, 6) is -0.618. The average Bonchev–Trinajstić information content (AvgIpc) is 2.43. The monoisotopic (exact) mass is 290 g/mol. The zero-order valence-electron chi connectivity index (χ0n) is 12.9. The molecule has 0 heterocycles. The Morgan fingerprint density at radius 3 is 2.10 bits per heavy atom. The number of ether oxygens (including phenoxy) is 3. The molecule has 1 unspecified atom stereocenters. The van der Waals surface area contributed by atoms with E-state index in [1.807, 2.05) is 0 Å². The molecule has 5 heteroatoms. The highest BCUT2D eigenvalue weighted by Crippen LogP contribution is 2.04. The maximum atomic E-state index is 10.9. The second-order valence-electron chi connectivity index (χ2n) is 4.84. The minimum atomic E-state index is -1.07. The molecule has 0 aliphatic carbocycles. The van der Waals surface area contributed by atoms with Crippen molar-refractivity contribution in [3.8, 4) is 0 Å². The van der Waals surface area contributed by atoms with Crippen LogP contribution in [0.1, 0.15) is 52.4 Å². The smallest absolute Gasteiger partial charge is 0.334 e. The first kappa shape index (κ1) is 19.4. The number of aliphatic hydroxyl groups is 1. The van der Waals surface area contributed by atoms with Gasteiger partial charge in [-0.2, -0.15) is 0 Å². The van der Waals surface area contributed by atoms with Crippen LogP contribution in [0.15, 0.2) is 0 Å². The van der Waals surface area contributed by atoms with Crippen LogP contribution in [0, 0.1) is 0 Å². The van der Waals surface area contributed by atoms with E-state index in [-0.39, 0.29) is 6.61 Å². The van der Waals surface area contributed by atoms with E-state index in [0.29, 0.717) is 19.8 Å². The summed E-state index contributed by atoms with van der Waals surface area (Å²) in [5, 5.41) is 8.88. The zero-order valence-corrected chi connectivity index (χ0v) is 12.9. The van der Waals surface area contributed by atoms with Crippen molar-refractivity contribution in [2.75, 3.05) is 33.0 Å². The van der Waals surface area contributed by atoms with Crippen molar-refractivity contribution in [3.05, 3.63) is 0 Å². The molecule has 5 nitrogen and oxygen atoms in total. The second kappa shape index (κ2) is 14.8. The van der Waals surface area contributed by atoms with Crippen molar-refractivity contribution in [1.29, 1.82) is 0 Å². The standard InChI is InChI=1S/C15H30O5/c1-3-4-5-6-7-8-9-18-10-11-19-12-13-20-15(17)14(2)16/h14,16H,3-13H2,1-2H3. The van der Waals surface area contributed by atoms with Crippen molar-refractivity contribution < 1.29 is 24.1 Å². The number of carbonyl (C=O) groups is 1. The number of unbranched alkanes of at least 4 members (excludes halogenated alkanes) is 5. The minimum absolute atomic E-state index is 0.168. The van der Waals surface area contributed by atoms with Crippen LogP contribution < -0.4 is 0 Å². The molecule has 0 aliphatic heterocycles. The van der Waals surface area contributed by atoms with Crippen molar-refractivity contribution in [3.63, 3.8) is 0 Å². The molecular weight excluding hydrogens is 260 g/mol. The van der Waals surface area contributed by atoms with E-state index in [4.69, 9.17) is 19.3 Å². The third-order valence-electron chi connectivity index (χ3n) is 2.83. The molecule has 20 heavy (non-hydrogen) atoms. The molecular formula is C15H30O5. The Hall–Kier alpha value is -0.650. The molecule has 0 radical (unpaired) electrons. The highest BCUT2D eigenvalue weighted by atomic mass is 16.6. The van der Waals surface area contributed by atoms with Crippen molar-refractivity contribution in [1.82, 2.24) is 0 Å². The molecule has 0 saturated carbocycles. The van der Waals surface area contributed by atoms with Gasteiger partial charge in [-0.05, 0) is 13.3 Å². The third-order valence-corrected chi connectivity index (χ3v) is 2.83. The van der Waals surface area contributed by atoms with Gasteiger partial charge in [0.1, 0.15) is 12.7 Å². The van der Waals surface area contributed by atoms with Gasteiger partial charge in [0, 0.05) is 6.61 Å². The molecule has 0 rings (SSSR count). The predicted octanol–water partition coefficient (Wildman–Crippen LogP) is 2.30. The highest BCUT2D eigenvalue weighted by molar-refractivity contribution is 5.73. The van der Waals surface area contributed by atoms with Crippen molar-refractivity contribution >= 4 is 5.97 Å². The molecule has 1 N–H and O–H groups in total. The van der Waals surface area contributed by atoms with Gasteiger partial charge in [-0.3, -0.25) is 0 Å². The van der Waals surface area contributed by atoms with E-state index in [2.05, 4.69) is 6.92 Å². The summed E-state index contributed by atoms with van der Waals surface area (Å²) in [6.07, 6.45) is 6.49. The first-order chi connectivity index (χ1) is 9.68. The van der Waals surface area contributed by atoms with Crippen LogP contribution >= 0.6 is 0 Å². The van der Waals surface area contributed by atoms with Crippen molar-refractivity contribution in [2.45, 2.75) is 58.5 Å². The lowest BCUT2D eigenvalue weighted by molar-refractivity contribution is -0.154. The Morgan fingerprint density at radius 2 is 1.45 bits per heavy atom. The highest BCUT2D eigenvalue weighted by Gasteiger charge is 2.08. The van der Waals surface area contributed by atoms with E-state index in [0.717, 1.165) is 13.0 Å².